The zero-order chi connectivity index (χ0) is 12.5. The molecule has 0 aliphatic rings. The second-order valence-corrected chi connectivity index (χ2v) is 3.14. The Morgan fingerprint density at radius 3 is 2.44 bits per heavy atom. The summed E-state index contributed by atoms with van der Waals surface area (Å²) >= 11 is 10.2. The van der Waals surface area contributed by atoms with E-state index in [-0.39, 0.29) is 0 Å². The standard InChI is InChI=1S/C7HCl2F4NO2/c8-4-2(16-7(11,12)13)1-14-6(10)3(4)5(9)15/h1H. The number of carbonyl (C=O) groups excluding carboxylic acids is 1. The minimum atomic E-state index is -5.03. The fourth-order valence-electron chi connectivity index (χ4n) is 0.813. The summed E-state index contributed by atoms with van der Waals surface area (Å²) < 4.78 is 51.8. The summed E-state index contributed by atoms with van der Waals surface area (Å²) in [7, 11) is 0. The Morgan fingerprint density at radius 1 is 1.44 bits per heavy atom. The van der Waals surface area contributed by atoms with Crippen molar-refractivity contribution in [1.29, 1.82) is 0 Å². The van der Waals surface area contributed by atoms with Crippen LogP contribution in [-0.4, -0.2) is 16.6 Å². The van der Waals surface area contributed by atoms with Gasteiger partial charge in [-0.25, -0.2) is 4.98 Å². The summed E-state index contributed by atoms with van der Waals surface area (Å²) in [6.07, 6.45) is -4.63. The Hall–Kier alpha value is -1.08. The molecule has 1 aromatic heterocycles. The van der Waals surface area contributed by atoms with Crippen LogP contribution >= 0.6 is 23.2 Å². The van der Waals surface area contributed by atoms with Crippen molar-refractivity contribution in [3.8, 4) is 5.75 Å². The van der Waals surface area contributed by atoms with E-state index in [0.29, 0.717) is 6.20 Å². The lowest BCUT2D eigenvalue weighted by Gasteiger charge is -2.11. The van der Waals surface area contributed by atoms with Crippen molar-refractivity contribution < 1.29 is 27.1 Å². The molecule has 16 heavy (non-hydrogen) atoms. The van der Waals surface area contributed by atoms with Gasteiger partial charge in [-0.1, -0.05) is 11.6 Å². The molecule has 0 atom stereocenters. The highest BCUT2D eigenvalue weighted by Gasteiger charge is 2.33. The van der Waals surface area contributed by atoms with Gasteiger partial charge in [0.1, 0.15) is 10.6 Å². The van der Waals surface area contributed by atoms with Crippen LogP contribution in [0.5, 0.6) is 5.75 Å². The number of hydrogen-bond donors (Lipinski definition) is 0. The second-order valence-electron chi connectivity index (χ2n) is 2.42. The van der Waals surface area contributed by atoms with E-state index in [2.05, 4.69) is 9.72 Å². The van der Waals surface area contributed by atoms with Crippen LogP contribution in [0.1, 0.15) is 10.4 Å². The van der Waals surface area contributed by atoms with E-state index in [1.165, 1.54) is 0 Å². The van der Waals surface area contributed by atoms with Crippen LogP contribution in [-0.2, 0) is 0 Å². The van der Waals surface area contributed by atoms with Crippen LogP contribution in [0.2, 0.25) is 5.02 Å². The van der Waals surface area contributed by atoms with Crippen LogP contribution in [0.15, 0.2) is 6.20 Å². The number of carbonyl (C=O) groups is 1. The topological polar surface area (TPSA) is 39.2 Å². The highest BCUT2D eigenvalue weighted by atomic mass is 35.5. The van der Waals surface area contributed by atoms with Gasteiger partial charge in [0, 0.05) is 0 Å². The molecule has 0 N–H and O–H groups in total. The van der Waals surface area contributed by atoms with Crippen LogP contribution in [0.4, 0.5) is 17.6 Å². The average molecular weight is 278 g/mol. The highest BCUT2D eigenvalue weighted by molar-refractivity contribution is 6.68. The molecule has 0 radical (unpaired) electrons. The number of alkyl halides is 3. The molecule has 0 spiro atoms. The summed E-state index contributed by atoms with van der Waals surface area (Å²) in [5.74, 6) is -2.38. The third kappa shape index (κ3) is 2.96. The van der Waals surface area contributed by atoms with E-state index in [4.69, 9.17) is 23.2 Å². The number of halogens is 6. The molecular weight excluding hydrogens is 277 g/mol. The Kier molecular flexibility index (Phi) is 3.59. The van der Waals surface area contributed by atoms with Gasteiger partial charge in [-0.05, 0) is 11.6 Å². The first-order valence-electron chi connectivity index (χ1n) is 3.52. The molecule has 88 valence electrons. The van der Waals surface area contributed by atoms with Gasteiger partial charge in [-0.3, -0.25) is 4.79 Å². The Balaban J connectivity index is 3.24. The maximum atomic E-state index is 12.9. The van der Waals surface area contributed by atoms with Gasteiger partial charge in [0.2, 0.25) is 5.95 Å². The maximum absolute atomic E-state index is 12.9. The van der Waals surface area contributed by atoms with Crippen molar-refractivity contribution in [2.75, 3.05) is 0 Å². The molecule has 9 heteroatoms. The largest absolute Gasteiger partial charge is 0.573 e. The first-order chi connectivity index (χ1) is 7.22. The van der Waals surface area contributed by atoms with Gasteiger partial charge >= 0.3 is 6.36 Å². The van der Waals surface area contributed by atoms with E-state index >= 15 is 0 Å². The van der Waals surface area contributed by atoms with Gasteiger partial charge in [-0.2, -0.15) is 4.39 Å². The number of aromatic nitrogens is 1. The van der Waals surface area contributed by atoms with Crippen molar-refractivity contribution in [3.63, 3.8) is 0 Å². The first kappa shape index (κ1) is 13.0. The zero-order valence-electron chi connectivity index (χ0n) is 7.11. The van der Waals surface area contributed by atoms with Crippen LogP contribution in [0.25, 0.3) is 0 Å². The van der Waals surface area contributed by atoms with E-state index < -0.39 is 33.9 Å². The van der Waals surface area contributed by atoms with Crippen molar-refractivity contribution in [1.82, 2.24) is 4.98 Å². The molecule has 0 saturated heterocycles. The minimum absolute atomic E-state index is 0.397. The van der Waals surface area contributed by atoms with E-state index in [1.807, 2.05) is 0 Å². The number of rotatable bonds is 2. The summed E-state index contributed by atoms with van der Waals surface area (Å²) in [5.41, 5.74) is -0.968. The van der Waals surface area contributed by atoms with Gasteiger partial charge in [-0.15, -0.1) is 13.2 Å². The molecule has 0 aliphatic carbocycles. The summed E-state index contributed by atoms with van der Waals surface area (Å²) in [5, 5.41) is -2.26. The molecule has 1 rings (SSSR count). The lowest BCUT2D eigenvalue weighted by atomic mass is 10.3. The number of pyridine rings is 1. The molecule has 1 heterocycles. The molecule has 0 aromatic carbocycles. The van der Waals surface area contributed by atoms with E-state index in [0.717, 1.165) is 0 Å². The zero-order valence-corrected chi connectivity index (χ0v) is 8.62. The SMILES string of the molecule is O=C(Cl)c1c(F)ncc(OC(F)(F)F)c1Cl. The fraction of sp³-hybridized carbons (Fsp3) is 0.143. The first-order valence-corrected chi connectivity index (χ1v) is 4.27. The molecule has 3 nitrogen and oxygen atoms in total. The van der Waals surface area contributed by atoms with Gasteiger partial charge < -0.3 is 4.74 Å². The van der Waals surface area contributed by atoms with Crippen LogP contribution < -0.4 is 4.74 Å². The smallest absolute Gasteiger partial charge is 0.403 e. The maximum Gasteiger partial charge on any atom is 0.573 e. The molecule has 0 bridgehead atoms. The predicted molar refractivity (Wildman–Crippen MR) is 46.1 cm³/mol. The molecule has 0 saturated carbocycles. The molecule has 1 aromatic rings. The number of hydrogen-bond acceptors (Lipinski definition) is 3. The molecule has 0 unspecified atom stereocenters. The average Bonchev–Trinajstić information content (AvgIpc) is 2.07. The van der Waals surface area contributed by atoms with Gasteiger partial charge in [0.15, 0.2) is 5.75 Å². The van der Waals surface area contributed by atoms with E-state index in [1.54, 1.807) is 0 Å². The van der Waals surface area contributed by atoms with Gasteiger partial charge in [0.05, 0.1) is 6.20 Å². The molecule has 0 amide bonds. The molecule has 0 aliphatic heterocycles. The third-order valence-corrected chi connectivity index (χ3v) is 1.92. The van der Waals surface area contributed by atoms with Crippen molar-refractivity contribution >= 4 is 28.4 Å². The normalized spacial score (nSPS) is 11.4. The second kappa shape index (κ2) is 4.42. The van der Waals surface area contributed by atoms with Crippen molar-refractivity contribution in [3.05, 3.63) is 22.7 Å². The molecular formula is C7HCl2F4NO2. The fourth-order valence-corrected chi connectivity index (χ4v) is 1.29. The lowest BCUT2D eigenvalue weighted by Crippen LogP contribution is -2.18. The van der Waals surface area contributed by atoms with Crippen molar-refractivity contribution in [2.24, 2.45) is 0 Å². The highest BCUT2D eigenvalue weighted by Crippen LogP contribution is 2.33. The monoisotopic (exact) mass is 277 g/mol. The van der Waals surface area contributed by atoms with Crippen LogP contribution in [0.3, 0.4) is 0 Å². The quantitative estimate of drug-likeness (QED) is 0.474. The molecule has 0 fully saturated rings. The Morgan fingerprint density at radius 2 is 2.00 bits per heavy atom. The predicted octanol–water partition coefficient (Wildman–Crippen LogP) is 3.15. The minimum Gasteiger partial charge on any atom is -0.403 e. The summed E-state index contributed by atoms with van der Waals surface area (Å²) in [4.78, 5) is 13.5. The summed E-state index contributed by atoms with van der Waals surface area (Å²) in [6.45, 7) is 0. The lowest BCUT2D eigenvalue weighted by molar-refractivity contribution is -0.274. The van der Waals surface area contributed by atoms with Gasteiger partial charge in [0.25, 0.3) is 5.24 Å². The summed E-state index contributed by atoms with van der Waals surface area (Å²) in [6, 6.07) is 0. The Labute approximate surface area is 95.9 Å². The Bertz CT molecular complexity index is 435. The number of ether oxygens (including phenoxy) is 1. The van der Waals surface area contributed by atoms with Crippen molar-refractivity contribution in [2.45, 2.75) is 6.36 Å². The third-order valence-electron chi connectivity index (χ3n) is 1.36. The van der Waals surface area contributed by atoms with E-state index in [9.17, 15) is 22.4 Å². The van der Waals surface area contributed by atoms with Crippen LogP contribution in [0, 0.1) is 5.95 Å². The number of nitrogens with zero attached hydrogens (tertiary/aromatic N) is 1.